The van der Waals surface area contributed by atoms with Crippen molar-refractivity contribution in [1.82, 2.24) is 15.5 Å². The summed E-state index contributed by atoms with van der Waals surface area (Å²) in [7, 11) is 0. The number of amides is 2. The van der Waals surface area contributed by atoms with Gasteiger partial charge in [-0.05, 0) is 35.0 Å². The molecule has 9 heteroatoms. The molecule has 0 fully saturated rings. The molecule has 0 spiro atoms. The van der Waals surface area contributed by atoms with Crippen LogP contribution in [-0.2, 0) is 0 Å². The smallest absolute Gasteiger partial charge is 0.270 e. The summed E-state index contributed by atoms with van der Waals surface area (Å²) in [6.07, 6.45) is 0. The molecule has 1 atom stereocenters. The molecule has 7 nitrogen and oxygen atoms in total. The van der Waals surface area contributed by atoms with E-state index in [4.69, 9.17) is 16.7 Å². The summed E-state index contributed by atoms with van der Waals surface area (Å²) in [6.45, 7) is 1.47. The first-order chi connectivity index (χ1) is 10.9. The molecule has 0 bridgehead atoms. The molecule has 0 aliphatic carbocycles. The van der Waals surface area contributed by atoms with Crippen molar-refractivity contribution >= 4 is 45.2 Å². The van der Waals surface area contributed by atoms with Gasteiger partial charge in [0.05, 0.1) is 21.7 Å². The number of aromatic nitrogens is 2. The first-order valence-corrected chi connectivity index (χ1v) is 7.82. The molecular weight excluding hydrogens is 388 g/mol. The molecule has 23 heavy (non-hydrogen) atoms. The first-order valence-electron chi connectivity index (χ1n) is 6.65. The van der Waals surface area contributed by atoms with Gasteiger partial charge in [-0.1, -0.05) is 23.7 Å². The number of carbonyl (C=O) groups is 2. The van der Waals surface area contributed by atoms with E-state index in [0.29, 0.717) is 15.1 Å². The molecule has 1 aromatic carbocycles. The molecule has 0 saturated carbocycles. The SMILES string of the molecule is CC(CO)NC(=O)c1[nH]nc(NC(=O)c2ccccc2Cl)c1Br. The lowest BCUT2D eigenvalue weighted by Crippen LogP contribution is -2.35. The lowest BCUT2D eigenvalue weighted by molar-refractivity contribution is 0.0915. The van der Waals surface area contributed by atoms with Crippen LogP contribution in [-0.4, -0.2) is 39.8 Å². The maximum Gasteiger partial charge on any atom is 0.270 e. The Bertz CT molecular complexity index is 735. The van der Waals surface area contributed by atoms with Gasteiger partial charge in [0, 0.05) is 6.04 Å². The van der Waals surface area contributed by atoms with Gasteiger partial charge in [0.2, 0.25) is 0 Å². The quantitative estimate of drug-likeness (QED) is 0.616. The Morgan fingerprint density at radius 2 is 2.09 bits per heavy atom. The van der Waals surface area contributed by atoms with Crippen molar-refractivity contribution in [2.75, 3.05) is 11.9 Å². The van der Waals surface area contributed by atoms with Crippen LogP contribution in [0.1, 0.15) is 27.8 Å². The number of aliphatic hydroxyl groups excluding tert-OH is 1. The first kappa shape index (κ1) is 17.5. The van der Waals surface area contributed by atoms with Crippen molar-refractivity contribution in [3.8, 4) is 0 Å². The van der Waals surface area contributed by atoms with Gasteiger partial charge in [-0.25, -0.2) is 0 Å². The topological polar surface area (TPSA) is 107 Å². The summed E-state index contributed by atoms with van der Waals surface area (Å²) in [4.78, 5) is 24.2. The molecule has 2 aromatic rings. The highest BCUT2D eigenvalue weighted by Crippen LogP contribution is 2.25. The normalized spacial score (nSPS) is 11.8. The third kappa shape index (κ3) is 4.10. The van der Waals surface area contributed by atoms with E-state index in [9.17, 15) is 9.59 Å². The van der Waals surface area contributed by atoms with Gasteiger partial charge in [-0.3, -0.25) is 14.7 Å². The van der Waals surface area contributed by atoms with Crippen LogP contribution in [0.25, 0.3) is 0 Å². The zero-order valence-corrected chi connectivity index (χ0v) is 14.4. The summed E-state index contributed by atoms with van der Waals surface area (Å²) in [5.41, 5.74) is 0.434. The molecular formula is C14H14BrClN4O3. The van der Waals surface area contributed by atoms with Gasteiger partial charge in [0.25, 0.3) is 11.8 Å². The van der Waals surface area contributed by atoms with Crippen molar-refractivity contribution in [3.63, 3.8) is 0 Å². The van der Waals surface area contributed by atoms with Crippen LogP contribution < -0.4 is 10.6 Å². The second kappa shape index (κ2) is 7.58. The van der Waals surface area contributed by atoms with Gasteiger partial charge < -0.3 is 15.7 Å². The Morgan fingerprint density at radius 1 is 1.39 bits per heavy atom. The van der Waals surface area contributed by atoms with E-state index in [0.717, 1.165) is 0 Å². The number of aliphatic hydroxyl groups is 1. The summed E-state index contributed by atoms with van der Waals surface area (Å²) in [5.74, 6) is -0.737. The van der Waals surface area contributed by atoms with Gasteiger partial charge in [-0.2, -0.15) is 5.10 Å². The van der Waals surface area contributed by atoms with Gasteiger partial charge in [-0.15, -0.1) is 0 Å². The number of nitrogens with one attached hydrogen (secondary N) is 3. The number of nitrogens with zero attached hydrogens (tertiary/aromatic N) is 1. The van der Waals surface area contributed by atoms with E-state index in [1.165, 1.54) is 0 Å². The Balaban J connectivity index is 2.15. The predicted molar refractivity (Wildman–Crippen MR) is 89.7 cm³/mol. The molecule has 0 aliphatic rings. The summed E-state index contributed by atoms with van der Waals surface area (Å²) < 4.78 is 0.306. The average molecular weight is 402 g/mol. The zero-order chi connectivity index (χ0) is 17.0. The highest BCUT2D eigenvalue weighted by Gasteiger charge is 2.20. The van der Waals surface area contributed by atoms with E-state index < -0.39 is 17.9 Å². The number of aromatic amines is 1. The van der Waals surface area contributed by atoms with E-state index in [-0.39, 0.29) is 18.1 Å². The molecule has 1 aromatic heterocycles. The molecule has 2 amide bonds. The van der Waals surface area contributed by atoms with Crippen molar-refractivity contribution < 1.29 is 14.7 Å². The fraction of sp³-hybridized carbons (Fsp3) is 0.214. The minimum absolute atomic E-state index is 0.139. The number of H-pyrrole nitrogens is 1. The van der Waals surface area contributed by atoms with Crippen molar-refractivity contribution in [2.24, 2.45) is 0 Å². The number of anilines is 1. The van der Waals surface area contributed by atoms with Crippen LogP contribution in [0.3, 0.4) is 0 Å². The zero-order valence-electron chi connectivity index (χ0n) is 12.1. The van der Waals surface area contributed by atoms with E-state index in [2.05, 4.69) is 36.8 Å². The Hall–Kier alpha value is -1.90. The fourth-order valence-electron chi connectivity index (χ4n) is 1.72. The molecule has 4 N–H and O–H groups in total. The molecule has 0 saturated heterocycles. The van der Waals surface area contributed by atoms with Crippen molar-refractivity contribution in [3.05, 3.63) is 45.0 Å². The summed E-state index contributed by atoms with van der Waals surface area (Å²) in [5, 5.41) is 20.8. The van der Waals surface area contributed by atoms with Crippen LogP contribution in [0.4, 0.5) is 5.82 Å². The standard InChI is InChI=1S/C14H14BrClN4O3/c1-7(6-21)17-14(23)11-10(15)12(20-19-11)18-13(22)8-4-2-3-5-9(8)16/h2-5,7,21H,6H2,1H3,(H,17,23)(H2,18,19,20,22). The fourth-order valence-corrected chi connectivity index (χ4v) is 2.40. The minimum Gasteiger partial charge on any atom is -0.394 e. The monoisotopic (exact) mass is 400 g/mol. The van der Waals surface area contributed by atoms with Gasteiger partial charge in [0.15, 0.2) is 5.82 Å². The number of halogens is 2. The Labute approximate surface area is 145 Å². The van der Waals surface area contributed by atoms with Crippen LogP contribution in [0, 0.1) is 0 Å². The molecule has 0 aliphatic heterocycles. The number of rotatable bonds is 5. The van der Waals surface area contributed by atoms with Crippen LogP contribution in [0.2, 0.25) is 5.02 Å². The van der Waals surface area contributed by atoms with Crippen LogP contribution >= 0.6 is 27.5 Å². The number of hydrogen-bond donors (Lipinski definition) is 4. The van der Waals surface area contributed by atoms with Gasteiger partial charge >= 0.3 is 0 Å². The van der Waals surface area contributed by atoms with E-state index in [1.807, 2.05) is 0 Å². The second-order valence-electron chi connectivity index (χ2n) is 4.75. The second-order valence-corrected chi connectivity index (χ2v) is 5.95. The van der Waals surface area contributed by atoms with E-state index >= 15 is 0 Å². The van der Waals surface area contributed by atoms with E-state index in [1.54, 1.807) is 31.2 Å². The van der Waals surface area contributed by atoms with Crippen LogP contribution in [0.15, 0.2) is 28.7 Å². The molecule has 1 heterocycles. The molecule has 2 rings (SSSR count). The Kier molecular flexibility index (Phi) is 5.75. The predicted octanol–water partition coefficient (Wildman–Crippen LogP) is 2.19. The molecule has 122 valence electrons. The third-order valence-electron chi connectivity index (χ3n) is 2.94. The maximum absolute atomic E-state index is 12.2. The van der Waals surface area contributed by atoms with Gasteiger partial charge in [0.1, 0.15) is 5.69 Å². The third-order valence-corrected chi connectivity index (χ3v) is 4.04. The maximum atomic E-state index is 12.2. The average Bonchev–Trinajstić information content (AvgIpc) is 2.88. The lowest BCUT2D eigenvalue weighted by Gasteiger charge is -2.09. The molecule has 1 unspecified atom stereocenters. The number of carbonyl (C=O) groups excluding carboxylic acids is 2. The minimum atomic E-state index is -0.454. The largest absolute Gasteiger partial charge is 0.394 e. The lowest BCUT2D eigenvalue weighted by atomic mass is 10.2. The number of hydrogen-bond acceptors (Lipinski definition) is 4. The summed E-state index contributed by atoms with van der Waals surface area (Å²) >= 11 is 9.18. The highest BCUT2D eigenvalue weighted by molar-refractivity contribution is 9.10. The highest BCUT2D eigenvalue weighted by atomic mass is 79.9. The summed E-state index contributed by atoms with van der Waals surface area (Å²) in [6, 6.07) is 6.18. The van der Waals surface area contributed by atoms with Crippen molar-refractivity contribution in [1.29, 1.82) is 0 Å². The van der Waals surface area contributed by atoms with Crippen LogP contribution in [0.5, 0.6) is 0 Å². The Morgan fingerprint density at radius 3 is 2.74 bits per heavy atom. The number of benzene rings is 1. The van der Waals surface area contributed by atoms with Crippen molar-refractivity contribution in [2.45, 2.75) is 13.0 Å². The molecule has 0 radical (unpaired) electrons.